The van der Waals surface area contributed by atoms with E-state index in [2.05, 4.69) is 13.8 Å². The van der Waals surface area contributed by atoms with Crippen LogP contribution in [0.4, 0.5) is 0 Å². The molecule has 2 saturated carbocycles. The number of hydrogen-bond acceptors (Lipinski definition) is 5. The van der Waals surface area contributed by atoms with E-state index in [1.165, 1.54) is 26.4 Å². The van der Waals surface area contributed by atoms with E-state index in [0.717, 1.165) is 71.0 Å². The molecular formula is C23H48AlLiO5. The summed E-state index contributed by atoms with van der Waals surface area (Å²) < 4.78 is 16.2. The first-order valence-electron chi connectivity index (χ1n) is 11.6. The van der Waals surface area contributed by atoms with Gasteiger partial charge in [-0.3, -0.25) is 4.79 Å². The largest absolute Gasteiger partial charge is 1.00 e. The molecule has 0 atom stereocenters. The number of carbonyl (C=O) groups is 1. The number of carbonyl (C=O) groups excluding carboxylic acids is 1. The van der Waals surface area contributed by atoms with E-state index in [1.54, 1.807) is 0 Å². The first-order valence-corrected chi connectivity index (χ1v) is 11.6. The van der Waals surface area contributed by atoms with Crippen LogP contribution in [0.1, 0.15) is 92.3 Å². The molecule has 7 heteroatoms. The third-order valence-electron chi connectivity index (χ3n) is 5.96. The fraction of sp³-hybridized carbons (Fsp3) is 0.957. The SMILES string of the molecule is CCCCOC1CCC(C(=O)OC)CC1.CCCCOC1CCC(CO)CC1.[AlH3].[H-].[Li+]. The average Bonchev–Trinajstić information content (AvgIpc) is 2.75. The topological polar surface area (TPSA) is 65.0 Å². The zero-order valence-corrected chi connectivity index (χ0v) is 19.5. The van der Waals surface area contributed by atoms with Gasteiger partial charge in [-0.1, -0.05) is 26.7 Å². The Balaban J connectivity index is -0.000000465. The number of rotatable bonds is 10. The van der Waals surface area contributed by atoms with Crippen LogP contribution in [0, 0.1) is 11.8 Å². The molecule has 0 heterocycles. The summed E-state index contributed by atoms with van der Waals surface area (Å²) >= 11 is 0. The van der Waals surface area contributed by atoms with Crippen LogP contribution in [0.3, 0.4) is 0 Å². The predicted molar refractivity (Wildman–Crippen MR) is 123 cm³/mol. The van der Waals surface area contributed by atoms with Gasteiger partial charge < -0.3 is 20.7 Å². The molecule has 0 aromatic heterocycles. The molecule has 2 aliphatic carbocycles. The molecule has 0 amide bonds. The molecule has 0 bridgehead atoms. The van der Waals surface area contributed by atoms with E-state index in [0.29, 0.717) is 24.7 Å². The Morgan fingerprint density at radius 3 is 1.67 bits per heavy atom. The van der Waals surface area contributed by atoms with E-state index < -0.39 is 0 Å². The Morgan fingerprint density at radius 2 is 1.30 bits per heavy atom. The molecule has 174 valence electrons. The summed E-state index contributed by atoms with van der Waals surface area (Å²) in [4.78, 5) is 11.3. The van der Waals surface area contributed by atoms with Crippen LogP contribution in [-0.4, -0.2) is 67.6 Å². The minimum Gasteiger partial charge on any atom is -1.00 e. The van der Waals surface area contributed by atoms with Crippen LogP contribution in [0.2, 0.25) is 0 Å². The van der Waals surface area contributed by atoms with Gasteiger partial charge in [-0.2, -0.15) is 0 Å². The summed E-state index contributed by atoms with van der Waals surface area (Å²) in [7, 11) is 1.46. The molecular weight excluding hydrogens is 390 g/mol. The van der Waals surface area contributed by atoms with Crippen LogP contribution < -0.4 is 18.9 Å². The van der Waals surface area contributed by atoms with Crippen molar-refractivity contribution in [2.45, 2.75) is 103 Å². The summed E-state index contributed by atoms with van der Waals surface area (Å²) in [6, 6.07) is 0. The first-order chi connectivity index (χ1) is 13.6. The maximum Gasteiger partial charge on any atom is 1.00 e. The molecule has 0 radical (unpaired) electrons. The number of hydrogen-bond donors (Lipinski definition) is 1. The van der Waals surface area contributed by atoms with Crippen LogP contribution in [0.15, 0.2) is 0 Å². The van der Waals surface area contributed by atoms with E-state index in [4.69, 9.17) is 19.3 Å². The summed E-state index contributed by atoms with van der Waals surface area (Å²) in [6.45, 7) is 6.50. The summed E-state index contributed by atoms with van der Waals surface area (Å²) in [5, 5.41) is 8.95. The van der Waals surface area contributed by atoms with Crippen LogP contribution in [0.5, 0.6) is 0 Å². The molecule has 0 saturated heterocycles. The molecule has 1 N–H and O–H groups in total. The van der Waals surface area contributed by atoms with Crippen molar-refractivity contribution in [2.24, 2.45) is 11.8 Å². The molecule has 2 fully saturated rings. The average molecular weight is 439 g/mol. The number of ether oxygens (including phenoxy) is 3. The van der Waals surface area contributed by atoms with Gasteiger partial charge in [0.25, 0.3) is 0 Å². The second-order valence-corrected chi connectivity index (χ2v) is 8.27. The normalized spacial score (nSPS) is 25.7. The third-order valence-corrected chi connectivity index (χ3v) is 5.96. The smallest absolute Gasteiger partial charge is 1.00 e. The molecule has 0 aromatic carbocycles. The van der Waals surface area contributed by atoms with Crippen molar-refractivity contribution in [3.05, 3.63) is 0 Å². The Kier molecular flexibility index (Phi) is 23.2. The van der Waals surface area contributed by atoms with Gasteiger partial charge in [-0.15, -0.1) is 0 Å². The monoisotopic (exact) mass is 438 g/mol. The van der Waals surface area contributed by atoms with Gasteiger partial charge in [0.1, 0.15) is 0 Å². The fourth-order valence-electron chi connectivity index (χ4n) is 3.90. The Hall–Kier alpha value is 0.480. The van der Waals surface area contributed by atoms with Crippen molar-refractivity contribution < 1.29 is 44.4 Å². The van der Waals surface area contributed by atoms with Gasteiger partial charge in [0, 0.05) is 19.8 Å². The van der Waals surface area contributed by atoms with E-state index in [-0.39, 0.29) is 49.5 Å². The van der Waals surface area contributed by atoms with E-state index in [1.807, 2.05) is 0 Å². The van der Waals surface area contributed by atoms with Gasteiger partial charge in [0.2, 0.25) is 0 Å². The van der Waals surface area contributed by atoms with Gasteiger partial charge in [-0.05, 0) is 70.1 Å². The zero-order chi connectivity index (χ0) is 20.6. The van der Waals surface area contributed by atoms with Crippen molar-refractivity contribution >= 4 is 23.3 Å². The minimum absolute atomic E-state index is 0. The number of esters is 1. The van der Waals surface area contributed by atoms with Gasteiger partial charge in [0.15, 0.2) is 17.4 Å². The molecule has 0 unspecified atom stereocenters. The molecule has 0 aliphatic heterocycles. The number of aliphatic hydroxyl groups excluding tert-OH is 1. The Bertz CT molecular complexity index is 387. The Labute approximate surface area is 209 Å². The van der Waals surface area contributed by atoms with Gasteiger partial charge in [0.05, 0.1) is 25.2 Å². The fourth-order valence-corrected chi connectivity index (χ4v) is 3.90. The van der Waals surface area contributed by atoms with Gasteiger partial charge in [-0.25, -0.2) is 0 Å². The minimum atomic E-state index is -0.0537. The second kappa shape index (κ2) is 21.3. The molecule has 30 heavy (non-hydrogen) atoms. The molecule has 5 nitrogen and oxygen atoms in total. The maximum absolute atomic E-state index is 11.3. The Morgan fingerprint density at radius 1 is 0.867 bits per heavy atom. The van der Waals surface area contributed by atoms with Crippen molar-refractivity contribution in [1.82, 2.24) is 0 Å². The van der Waals surface area contributed by atoms with Crippen molar-refractivity contribution in [3.8, 4) is 0 Å². The number of methoxy groups -OCH3 is 1. The molecule has 0 spiro atoms. The van der Waals surface area contributed by atoms with Crippen LogP contribution in [-0.2, 0) is 19.0 Å². The van der Waals surface area contributed by atoms with Crippen LogP contribution in [0.25, 0.3) is 0 Å². The zero-order valence-electron chi connectivity index (χ0n) is 20.5. The summed E-state index contributed by atoms with van der Waals surface area (Å²) in [5.41, 5.74) is 0. The summed E-state index contributed by atoms with van der Waals surface area (Å²) in [5.74, 6) is 0.606. The first kappa shape index (κ1) is 32.7. The third kappa shape index (κ3) is 14.5. The summed E-state index contributed by atoms with van der Waals surface area (Å²) in [6.07, 6.45) is 14.0. The van der Waals surface area contributed by atoms with Crippen molar-refractivity contribution in [3.63, 3.8) is 0 Å². The van der Waals surface area contributed by atoms with Crippen molar-refractivity contribution in [2.75, 3.05) is 26.9 Å². The quantitative estimate of drug-likeness (QED) is 0.311. The molecule has 2 rings (SSSR count). The predicted octanol–water partition coefficient (Wildman–Crippen LogP) is 0.822. The second-order valence-electron chi connectivity index (χ2n) is 8.27. The number of aliphatic hydroxyl groups is 1. The standard InChI is InChI=1S/C12H22O3.C11H22O2.Al.Li.4H/c1-3-4-9-15-11-7-5-10(6-8-11)12(13)14-2;1-2-3-8-13-11-6-4-10(9-12)5-7-11;;;;;;/h10-11H,3-9H2,1-2H3;10-12H,2-9H2,1H3;;;;;;/q;;;+1;;;;-1. The van der Waals surface area contributed by atoms with Gasteiger partial charge >= 0.3 is 24.8 Å². The van der Waals surface area contributed by atoms with E-state index in [9.17, 15) is 4.79 Å². The molecule has 2 aliphatic rings. The van der Waals surface area contributed by atoms with Crippen molar-refractivity contribution in [1.29, 1.82) is 0 Å². The molecule has 0 aromatic rings. The maximum atomic E-state index is 11.3. The number of unbranched alkanes of at least 4 members (excludes halogenated alkanes) is 2. The van der Waals surface area contributed by atoms with E-state index >= 15 is 0 Å². The van der Waals surface area contributed by atoms with Crippen LogP contribution >= 0.6 is 0 Å².